The van der Waals surface area contributed by atoms with Gasteiger partial charge in [-0.1, -0.05) is 20.8 Å². The van der Waals surface area contributed by atoms with Crippen LogP contribution in [0.15, 0.2) is 0 Å². The van der Waals surface area contributed by atoms with Crippen molar-refractivity contribution in [1.82, 2.24) is 0 Å². The Morgan fingerprint density at radius 1 is 0.810 bits per heavy atom. The zero-order valence-corrected chi connectivity index (χ0v) is 17.1. The molecule has 0 aliphatic rings. The molecule has 0 rings (SSSR count). The van der Waals surface area contributed by atoms with Crippen molar-refractivity contribution in [3.05, 3.63) is 0 Å². The minimum Gasteiger partial charge on any atom is -0.417 e. The average Bonchev–Trinajstić information content (AvgIpc) is 2.41. The third-order valence-corrected chi connectivity index (χ3v) is 11.4. The molecule has 0 fully saturated rings. The molecule has 0 aromatic heterocycles. The van der Waals surface area contributed by atoms with Gasteiger partial charge >= 0.3 is 8.80 Å². The third-order valence-electron chi connectivity index (χ3n) is 4.19. The second-order valence-electron chi connectivity index (χ2n) is 6.62. The van der Waals surface area contributed by atoms with Crippen LogP contribution in [0.2, 0.25) is 24.2 Å². The molecule has 0 aliphatic heterocycles. The molecule has 21 heavy (non-hydrogen) atoms. The third kappa shape index (κ3) is 7.36. The summed E-state index contributed by atoms with van der Waals surface area (Å²) in [4.78, 5) is 0. The standard InChI is InChI=1S/C14H34O5Si2/c1-14(2,3)20(7,8)19-11-9-10-18-12-13-21(15-4,16-5)17-6/h9-13H2,1-8H3. The van der Waals surface area contributed by atoms with E-state index in [4.69, 9.17) is 22.4 Å². The van der Waals surface area contributed by atoms with Crippen LogP contribution >= 0.6 is 0 Å². The Labute approximate surface area is 132 Å². The van der Waals surface area contributed by atoms with Crippen LogP contribution in [0.3, 0.4) is 0 Å². The van der Waals surface area contributed by atoms with Crippen LogP contribution in [-0.2, 0) is 22.4 Å². The van der Waals surface area contributed by atoms with Gasteiger partial charge in [0.15, 0.2) is 8.32 Å². The highest BCUT2D eigenvalue weighted by atomic mass is 28.4. The lowest BCUT2D eigenvalue weighted by molar-refractivity contribution is 0.0900. The largest absolute Gasteiger partial charge is 0.502 e. The summed E-state index contributed by atoms with van der Waals surface area (Å²) in [6.07, 6.45) is 0.911. The van der Waals surface area contributed by atoms with Crippen molar-refractivity contribution in [2.45, 2.75) is 51.4 Å². The van der Waals surface area contributed by atoms with E-state index in [2.05, 4.69) is 33.9 Å². The van der Waals surface area contributed by atoms with Gasteiger partial charge in [0, 0.05) is 40.6 Å². The molecule has 0 heterocycles. The monoisotopic (exact) mass is 338 g/mol. The van der Waals surface area contributed by atoms with E-state index in [9.17, 15) is 0 Å². The van der Waals surface area contributed by atoms with E-state index in [1.807, 2.05) is 0 Å². The number of ether oxygens (including phenoxy) is 1. The van der Waals surface area contributed by atoms with Crippen LogP contribution in [0.4, 0.5) is 0 Å². The molecule has 0 bridgehead atoms. The van der Waals surface area contributed by atoms with Crippen molar-refractivity contribution in [2.24, 2.45) is 0 Å². The van der Waals surface area contributed by atoms with Gasteiger partial charge in [0.05, 0.1) is 6.61 Å². The average molecular weight is 339 g/mol. The van der Waals surface area contributed by atoms with E-state index in [1.54, 1.807) is 21.3 Å². The maximum absolute atomic E-state index is 6.10. The van der Waals surface area contributed by atoms with Crippen LogP contribution in [0.5, 0.6) is 0 Å². The van der Waals surface area contributed by atoms with Crippen molar-refractivity contribution in [2.75, 3.05) is 41.2 Å². The second kappa shape index (κ2) is 9.39. The Morgan fingerprint density at radius 3 is 1.76 bits per heavy atom. The predicted octanol–water partition coefficient (Wildman–Crippen LogP) is 3.29. The Hall–Kier alpha value is 0.234. The van der Waals surface area contributed by atoms with E-state index < -0.39 is 17.1 Å². The van der Waals surface area contributed by atoms with Gasteiger partial charge in [0.2, 0.25) is 0 Å². The fourth-order valence-electron chi connectivity index (χ4n) is 1.56. The van der Waals surface area contributed by atoms with E-state index >= 15 is 0 Å². The van der Waals surface area contributed by atoms with Gasteiger partial charge in [0.1, 0.15) is 0 Å². The molecular weight excluding hydrogens is 304 g/mol. The normalized spacial score (nSPS) is 13.7. The topological polar surface area (TPSA) is 46.2 Å². The SMILES string of the molecule is CO[Si](CCOCCCO[Si](C)(C)C(C)(C)C)(OC)OC. The second-order valence-corrected chi connectivity index (χ2v) is 14.5. The molecule has 0 saturated carbocycles. The van der Waals surface area contributed by atoms with Gasteiger partial charge in [-0.3, -0.25) is 0 Å². The maximum Gasteiger partial charge on any atom is 0.502 e. The molecule has 5 nitrogen and oxygen atoms in total. The highest BCUT2D eigenvalue weighted by molar-refractivity contribution is 6.74. The number of hydrogen-bond acceptors (Lipinski definition) is 5. The van der Waals surface area contributed by atoms with Crippen LogP contribution in [-0.4, -0.2) is 58.3 Å². The molecule has 7 heteroatoms. The quantitative estimate of drug-likeness (QED) is 0.427. The predicted molar refractivity (Wildman–Crippen MR) is 90.2 cm³/mol. The molecule has 0 unspecified atom stereocenters. The summed E-state index contributed by atoms with van der Waals surface area (Å²) in [5.41, 5.74) is 0. The minimum atomic E-state index is -2.49. The van der Waals surface area contributed by atoms with Crippen molar-refractivity contribution in [3.8, 4) is 0 Å². The van der Waals surface area contributed by atoms with Crippen molar-refractivity contribution in [1.29, 1.82) is 0 Å². The van der Waals surface area contributed by atoms with Crippen molar-refractivity contribution >= 4 is 17.1 Å². The zero-order valence-electron chi connectivity index (χ0n) is 15.1. The summed E-state index contributed by atoms with van der Waals surface area (Å²) < 4.78 is 27.7. The lowest BCUT2D eigenvalue weighted by Gasteiger charge is -2.36. The van der Waals surface area contributed by atoms with Gasteiger partial charge in [-0.2, -0.15) is 0 Å². The summed E-state index contributed by atoms with van der Waals surface area (Å²) in [6.45, 7) is 13.3. The van der Waals surface area contributed by atoms with E-state index in [0.717, 1.165) is 13.0 Å². The van der Waals surface area contributed by atoms with E-state index in [1.165, 1.54) is 0 Å². The Kier molecular flexibility index (Phi) is 9.49. The molecule has 0 radical (unpaired) electrons. The first-order valence-electron chi connectivity index (χ1n) is 7.51. The molecule has 128 valence electrons. The molecule has 0 amide bonds. The summed E-state index contributed by atoms with van der Waals surface area (Å²) in [6, 6.07) is 0.666. The van der Waals surface area contributed by atoms with Gasteiger partial charge in [0.25, 0.3) is 0 Å². The van der Waals surface area contributed by atoms with Crippen LogP contribution in [0.1, 0.15) is 27.2 Å². The van der Waals surface area contributed by atoms with Gasteiger partial charge in [-0.25, -0.2) is 0 Å². The lowest BCUT2D eigenvalue weighted by Crippen LogP contribution is -2.43. The molecule has 0 aromatic carbocycles. The first-order valence-corrected chi connectivity index (χ1v) is 12.4. The maximum atomic E-state index is 6.10. The number of rotatable bonds is 11. The van der Waals surface area contributed by atoms with Crippen LogP contribution < -0.4 is 0 Å². The van der Waals surface area contributed by atoms with Crippen molar-refractivity contribution < 1.29 is 22.4 Å². The molecular formula is C14H34O5Si2. The summed E-state index contributed by atoms with van der Waals surface area (Å²) >= 11 is 0. The summed E-state index contributed by atoms with van der Waals surface area (Å²) in [7, 11) is 0.733. The Morgan fingerprint density at radius 2 is 1.33 bits per heavy atom. The summed E-state index contributed by atoms with van der Waals surface area (Å²) in [5.74, 6) is 0. The number of hydrogen-bond donors (Lipinski definition) is 0. The minimum absolute atomic E-state index is 0.258. The molecule has 0 spiro atoms. The first-order chi connectivity index (χ1) is 9.64. The van der Waals surface area contributed by atoms with Gasteiger partial charge in [-0.05, 0) is 24.6 Å². The zero-order chi connectivity index (χ0) is 16.6. The van der Waals surface area contributed by atoms with Crippen molar-refractivity contribution in [3.63, 3.8) is 0 Å². The molecule has 0 aromatic rings. The molecule has 0 N–H and O–H groups in total. The van der Waals surface area contributed by atoms with E-state index in [0.29, 0.717) is 19.3 Å². The van der Waals surface area contributed by atoms with Crippen LogP contribution in [0, 0.1) is 0 Å². The van der Waals surface area contributed by atoms with Gasteiger partial charge in [-0.15, -0.1) is 0 Å². The smallest absolute Gasteiger partial charge is 0.417 e. The van der Waals surface area contributed by atoms with Crippen LogP contribution in [0.25, 0.3) is 0 Å². The molecule has 0 aliphatic carbocycles. The Bertz CT molecular complexity index is 261. The fourth-order valence-corrected chi connectivity index (χ4v) is 4.15. The highest BCUT2D eigenvalue weighted by Crippen LogP contribution is 2.36. The molecule has 0 atom stereocenters. The first kappa shape index (κ1) is 21.2. The fraction of sp³-hybridized carbons (Fsp3) is 1.00. The van der Waals surface area contributed by atoms with Gasteiger partial charge < -0.3 is 22.4 Å². The Balaban J connectivity index is 3.79. The summed E-state index contributed by atoms with van der Waals surface area (Å²) in [5, 5.41) is 0.258. The van der Waals surface area contributed by atoms with E-state index in [-0.39, 0.29) is 5.04 Å². The molecule has 0 saturated heterocycles. The lowest BCUT2D eigenvalue weighted by atomic mass is 10.2. The highest BCUT2D eigenvalue weighted by Gasteiger charge is 2.38.